The van der Waals surface area contributed by atoms with Gasteiger partial charge in [0.25, 0.3) is 0 Å². The standard InChI is InChI=1S/C29H31F2NO3/c30-23-8-12-27-21(16-23)6-10-25(34-27)14-15-32(18-20-4-2-1-3-5-20)19-26(33)29-11-7-22-17-24(31)9-13-28(22)35-29/h1-5,8-9,12-13,16-17,25-26,29,33H,6-7,10-11,14-15,18-19H2. The number of aliphatic hydroxyl groups is 1. The molecule has 2 aliphatic rings. The smallest absolute Gasteiger partial charge is 0.126 e. The molecule has 0 bridgehead atoms. The lowest BCUT2D eigenvalue weighted by Crippen LogP contribution is -2.44. The van der Waals surface area contributed by atoms with E-state index >= 15 is 0 Å². The molecule has 2 heterocycles. The van der Waals surface area contributed by atoms with Gasteiger partial charge in [-0.25, -0.2) is 8.78 Å². The highest BCUT2D eigenvalue weighted by Crippen LogP contribution is 2.31. The summed E-state index contributed by atoms with van der Waals surface area (Å²) in [6.45, 7) is 1.92. The lowest BCUT2D eigenvalue weighted by Gasteiger charge is -2.34. The van der Waals surface area contributed by atoms with Gasteiger partial charge in [0.05, 0.1) is 0 Å². The molecular weight excluding hydrogens is 448 g/mol. The van der Waals surface area contributed by atoms with E-state index in [0.717, 1.165) is 42.7 Å². The van der Waals surface area contributed by atoms with Crippen LogP contribution < -0.4 is 9.47 Å². The second-order valence-electron chi connectivity index (χ2n) is 9.55. The summed E-state index contributed by atoms with van der Waals surface area (Å²) in [5.74, 6) is 0.926. The van der Waals surface area contributed by atoms with E-state index in [1.165, 1.54) is 23.8 Å². The van der Waals surface area contributed by atoms with Gasteiger partial charge in [-0.05, 0) is 85.2 Å². The molecule has 5 rings (SSSR count). The molecule has 4 nitrogen and oxygen atoms in total. The molecule has 35 heavy (non-hydrogen) atoms. The van der Waals surface area contributed by atoms with Gasteiger partial charge in [-0.15, -0.1) is 0 Å². The fourth-order valence-corrected chi connectivity index (χ4v) is 5.05. The van der Waals surface area contributed by atoms with Crippen molar-refractivity contribution in [2.45, 2.75) is 57.0 Å². The first-order chi connectivity index (χ1) is 17.0. The van der Waals surface area contributed by atoms with Gasteiger partial charge >= 0.3 is 0 Å². The largest absolute Gasteiger partial charge is 0.490 e. The quantitative estimate of drug-likeness (QED) is 0.476. The zero-order chi connectivity index (χ0) is 24.2. The predicted octanol–water partition coefficient (Wildman–Crippen LogP) is 5.31. The van der Waals surface area contributed by atoms with Gasteiger partial charge in [0.2, 0.25) is 0 Å². The number of rotatable bonds is 8. The second-order valence-corrected chi connectivity index (χ2v) is 9.55. The maximum absolute atomic E-state index is 13.5. The van der Waals surface area contributed by atoms with E-state index in [2.05, 4.69) is 17.0 Å². The summed E-state index contributed by atoms with van der Waals surface area (Å²) in [6, 6.07) is 19.5. The number of ether oxygens (including phenoxy) is 2. The van der Waals surface area contributed by atoms with Crippen LogP contribution in [0.4, 0.5) is 8.78 Å². The molecule has 0 spiro atoms. The third-order valence-electron chi connectivity index (χ3n) is 6.94. The van der Waals surface area contributed by atoms with Gasteiger partial charge in [0.15, 0.2) is 0 Å². The highest BCUT2D eigenvalue weighted by Gasteiger charge is 2.29. The molecule has 0 saturated carbocycles. The second kappa shape index (κ2) is 10.8. The summed E-state index contributed by atoms with van der Waals surface area (Å²) in [6.07, 6.45) is 2.83. The normalized spacial score (nSPS) is 19.9. The SMILES string of the molecule is OC(CN(CCC1CCc2cc(F)ccc2O1)Cc1ccccc1)C1CCc2cc(F)ccc2O1. The van der Waals surface area contributed by atoms with Gasteiger partial charge in [-0.2, -0.15) is 0 Å². The molecule has 0 radical (unpaired) electrons. The number of aliphatic hydroxyl groups excluding tert-OH is 1. The zero-order valence-corrected chi connectivity index (χ0v) is 19.7. The van der Waals surface area contributed by atoms with Crippen LogP contribution in [0.3, 0.4) is 0 Å². The van der Waals surface area contributed by atoms with Crippen LogP contribution in [0, 0.1) is 11.6 Å². The molecule has 1 N–H and O–H groups in total. The van der Waals surface area contributed by atoms with E-state index in [4.69, 9.17) is 9.47 Å². The third kappa shape index (κ3) is 6.00. The summed E-state index contributed by atoms with van der Waals surface area (Å²) in [4.78, 5) is 2.24. The number of aryl methyl sites for hydroxylation is 2. The molecular formula is C29H31F2NO3. The highest BCUT2D eigenvalue weighted by molar-refractivity contribution is 5.36. The average Bonchev–Trinajstić information content (AvgIpc) is 2.87. The molecule has 2 aliphatic heterocycles. The molecule has 0 fully saturated rings. The van der Waals surface area contributed by atoms with Gasteiger partial charge in [0.1, 0.15) is 41.4 Å². The van der Waals surface area contributed by atoms with Crippen molar-refractivity contribution < 1.29 is 23.4 Å². The van der Waals surface area contributed by atoms with Gasteiger partial charge in [-0.1, -0.05) is 30.3 Å². The molecule has 3 aromatic rings. The molecule has 0 amide bonds. The Hall–Kier alpha value is -2.96. The summed E-state index contributed by atoms with van der Waals surface area (Å²) in [5, 5.41) is 11.1. The van der Waals surface area contributed by atoms with Crippen molar-refractivity contribution in [1.82, 2.24) is 4.90 Å². The third-order valence-corrected chi connectivity index (χ3v) is 6.94. The molecule has 0 aliphatic carbocycles. The van der Waals surface area contributed by atoms with Crippen LogP contribution in [0.25, 0.3) is 0 Å². The fraction of sp³-hybridized carbons (Fsp3) is 0.379. The van der Waals surface area contributed by atoms with Crippen molar-refractivity contribution in [3.8, 4) is 11.5 Å². The van der Waals surface area contributed by atoms with Crippen molar-refractivity contribution in [2.75, 3.05) is 13.1 Å². The first kappa shape index (κ1) is 23.8. The van der Waals surface area contributed by atoms with Crippen LogP contribution in [-0.4, -0.2) is 41.4 Å². The van der Waals surface area contributed by atoms with E-state index in [0.29, 0.717) is 31.7 Å². The van der Waals surface area contributed by atoms with E-state index in [1.807, 2.05) is 18.2 Å². The van der Waals surface area contributed by atoms with E-state index < -0.39 is 6.10 Å². The van der Waals surface area contributed by atoms with Crippen molar-refractivity contribution in [1.29, 1.82) is 0 Å². The Kier molecular flexibility index (Phi) is 7.30. The lowest BCUT2D eigenvalue weighted by molar-refractivity contribution is -0.00205. The summed E-state index contributed by atoms with van der Waals surface area (Å²) < 4.78 is 39.2. The van der Waals surface area contributed by atoms with Crippen LogP contribution >= 0.6 is 0 Å². The molecule has 3 atom stereocenters. The Balaban J connectivity index is 1.22. The predicted molar refractivity (Wildman–Crippen MR) is 131 cm³/mol. The van der Waals surface area contributed by atoms with Gasteiger partial charge in [0, 0.05) is 19.6 Å². The van der Waals surface area contributed by atoms with E-state index in [1.54, 1.807) is 18.2 Å². The van der Waals surface area contributed by atoms with Gasteiger partial charge in [-0.3, -0.25) is 4.90 Å². The minimum atomic E-state index is -0.673. The van der Waals surface area contributed by atoms with Crippen molar-refractivity contribution in [3.05, 3.63) is 95.1 Å². The average molecular weight is 480 g/mol. The molecule has 0 saturated heterocycles. The van der Waals surface area contributed by atoms with E-state index in [-0.39, 0.29) is 23.8 Å². The Morgan fingerprint density at radius 2 is 1.51 bits per heavy atom. The fourth-order valence-electron chi connectivity index (χ4n) is 5.05. The minimum absolute atomic E-state index is 0.0519. The number of benzene rings is 3. The number of hydrogen-bond donors (Lipinski definition) is 1. The molecule has 0 aromatic heterocycles. The topological polar surface area (TPSA) is 41.9 Å². The Bertz CT molecular complexity index is 1140. The monoisotopic (exact) mass is 479 g/mol. The Labute approximate surface area is 205 Å². The van der Waals surface area contributed by atoms with Crippen LogP contribution in [-0.2, 0) is 19.4 Å². The Morgan fingerprint density at radius 3 is 2.23 bits per heavy atom. The van der Waals surface area contributed by atoms with Crippen LogP contribution in [0.15, 0.2) is 66.7 Å². The summed E-state index contributed by atoms with van der Waals surface area (Å²) in [5.41, 5.74) is 2.95. The zero-order valence-electron chi connectivity index (χ0n) is 19.7. The van der Waals surface area contributed by atoms with Crippen LogP contribution in [0.1, 0.15) is 36.0 Å². The van der Waals surface area contributed by atoms with Crippen LogP contribution in [0.5, 0.6) is 11.5 Å². The summed E-state index contributed by atoms with van der Waals surface area (Å²) in [7, 11) is 0. The van der Waals surface area contributed by atoms with E-state index in [9.17, 15) is 13.9 Å². The number of hydrogen-bond acceptors (Lipinski definition) is 4. The highest BCUT2D eigenvalue weighted by atomic mass is 19.1. The van der Waals surface area contributed by atoms with Crippen LogP contribution in [0.2, 0.25) is 0 Å². The number of halogens is 2. The molecule has 3 unspecified atom stereocenters. The Morgan fingerprint density at radius 1 is 0.857 bits per heavy atom. The summed E-state index contributed by atoms with van der Waals surface area (Å²) >= 11 is 0. The molecule has 184 valence electrons. The molecule has 6 heteroatoms. The lowest BCUT2D eigenvalue weighted by atomic mass is 9.98. The van der Waals surface area contributed by atoms with Gasteiger partial charge < -0.3 is 14.6 Å². The number of fused-ring (bicyclic) bond motifs is 2. The first-order valence-corrected chi connectivity index (χ1v) is 12.4. The maximum atomic E-state index is 13.5. The van der Waals surface area contributed by atoms with Crippen molar-refractivity contribution >= 4 is 0 Å². The van der Waals surface area contributed by atoms with Crippen molar-refractivity contribution in [3.63, 3.8) is 0 Å². The first-order valence-electron chi connectivity index (χ1n) is 12.4. The minimum Gasteiger partial charge on any atom is -0.490 e. The van der Waals surface area contributed by atoms with Crippen molar-refractivity contribution in [2.24, 2.45) is 0 Å². The molecule has 3 aromatic carbocycles. The number of nitrogens with zero attached hydrogens (tertiary/aromatic N) is 1. The maximum Gasteiger partial charge on any atom is 0.126 e.